The van der Waals surface area contributed by atoms with Crippen LogP contribution in [0.3, 0.4) is 0 Å². The van der Waals surface area contributed by atoms with Gasteiger partial charge in [0.15, 0.2) is 11.4 Å². The maximum Gasteiger partial charge on any atom is 0.340 e. The van der Waals surface area contributed by atoms with E-state index in [1.54, 1.807) is 56.3 Å². The van der Waals surface area contributed by atoms with Gasteiger partial charge < -0.3 is 68.8 Å². The van der Waals surface area contributed by atoms with Gasteiger partial charge in [0, 0.05) is 58.7 Å². The molecule has 0 aromatic heterocycles. The molecule has 3 aliphatic rings. The van der Waals surface area contributed by atoms with E-state index in [0.29, 0.717) is 66.5 Å². The predicted molar refractivity (Wildman–Crippen MR) is 321 cm³/mol. The highest BCUT2D eigenvalue weighted by molar-refractivity contribution is 6.02. The van der Waals surface area contributed by atoms with Gasteiger partial charge in [-0.15, -0.1) is 0 Å². The molecule has 22 nitrogen and oxygen atoms in total. The van der Waals surface area contributed by atoms with Crippen molar-refractivity contribution in [3.8, 4) is 23.0 Å². The summed E-state index contributed by atoms with van der Waals surface area (Å²) in [6, 6.07) is 24.5. The Kier molecular flexibility index (Phi) is 20.8. The van der Waals surface area contributed by atoms with Crippen LogP contribution >= 0.6 is 0 Å². The second-order valence-electron chi connectivity index (χ2n) is 22.9. The Morgan fingerprint density at radius 2 is 1.20 bits per heavy atom. The summed E-state index contributed by atoms with van der Waals surface area (Å²) in [5.74, 6) is -8.28. The molecule has 0 radical (unpaired) electrons. The van der Waals surface area contributed by atoms with E-state index < -0.39 is 107 Å². The number of amides is 7. The van der Waals surface area contributed by atoms with Gasteiger partial charge >= 0.3 is 5.97 Å². The van der Waals surface area contributed by atoms with E-state index in [4.69, 9.17) is 26.7 Å². The molecule has 2 aliphatic heterocycles. The van der Waals surface area contributed by atoms with Crippen LogP contribution in [0.5, 0.6) is 23.0 Å². The van der Waals surface area contributed by atoms with E-state index in [1.807, 2.05) is 36.4 Å². The van der Waals surface area contributed by atoms with Crippen LogP contribution in [-0.4, -0.2) is 113 Å². The Morgan fingerprint density at radius 3 is 1.78 bits per heavy atom. The maximum atomic E-state index is 15.0. The summed E-state index contributed by atoms with van der Waals surface area (Å²) >= 11 is 0. The summed E-state index contributed by atoms with van der Waals surface area (Å²) in [7, 11) is 0. The van der Waals surface area contributed by atoms with E-state index in [1.165, 1.54) is 50.2 Å². The van der Waals surface area contributed by atoms with Crippen molar-refractivity contribution in [2.45, 2.75) is 133 Å². The van der Waals surface area contributed by atoms with Gasteiger partial charge in [0.25, 0.3) is 5.91 Å². The first-order valence-corrected chi connectivity index (χ1v) is 29.5. The van der Waals surface area contributed by atoms with Crippen molar-refractivity contribution in [3.63, 3.8) is 0 Å². The number of primary amides is 1. The molecule has 2 unspecified atom stereocenters. The average molecular weight is 1190 g/mol. The summed E-state index contributed by atoms with van der Waals surface area (Å²) in [6.07, 6.45) is 2.97. The first-order chi connectivity index (χ1) is 41.6. The average Bonchev–Trinajstić information content (AvgIpc) is 1.63. The highest BCUT2D eigenvalue weighted by Gasteiger charge is 2.54. The largest absolute Gasteiger partial charge is 0.508 e. The number of rotatable bonds is 27. The smallest absolute Gasteiger partial charge is 0.340 e. The van der Waals surface area contributed by atoms with Crippen LogP contribution < -0.4 is 53.8 Å². The number of esters is 1. The number of nitrogens with two attached hydrogens (primary N) is 3. The lowest BCUT2D eigenvalue weighted by Crippen LogP contribution is -2.58. The van der Waals surface area contributed by atoms with Crippen molar-refractivity contribution in [2.24, 2.45) is 35.0 Å². The summed E-state index contributed by atoms with van der Waals surface area (Å²) in [5, 5.41) is 37.4. The van der Waals surface area contributed by atoms with Crippen molar-refractivity contribution in [3.05, 3.63) is 154 Å². The molecule has 5 aromatic rings. The number of phenolic OH excluding ortho intramolecular Hbond substituents is 2. The summed E-state index contributed by atoms with van der Waals surface area (Å²) in [6.45, 7) is 6.94. The van der Waals surface area contributed by atoms with Gasteiger partial charge in [-0.3, -0.25) is 38.4 Å². The molecular weight excluding hydrogens is 1110 g/mol. The van der Waals surface area contributed by atoms with Crippen LogP contribution in [0, 0.1) is 17.8 Å². The Bertz CT molecular complexity index is 3290. The van der Waals surface area contributed by atoms with Crippen LogP contribution in [0.1, 0.15) is 140 Å². The van der Waals surface area contributed by atoms with Gasteiger partial charge in [-0.2, -0.15) is 0 Å². The maximum absolute atomic E-state index is 15.0. The highest BCUT2D eigenvalue weighted by atomic mass is 16.6. The van der Waals surface area contributed by atoms with E-state index in [-0.39, 0.29) is 78.1 Å². The van der Waals surface area contributed by atoms with Crippen molar-refractivity contribution >= 4 is 53.1 Å². The second-order valence-corrected chi connectivity index (χ2v) is 22.9. The number of benzene rings is 5. The quantitative estimate of drug-likeness (QED) is 0.0256. The van der Waals surface area contributed by atoms with E-state index in [0.717, 1.165) is 0 Å². The molecular formula is C65H77N9O13. The number of carbonyl (C=O) groups is 9. The summed E-state index contributed by atoms with van der Waals surface area (Å²) < 4.78 is 12.2. The highest BCUT2D eigenvalue weighted by Crippen LogP contribution is 2.57. The molecule has 2 heterocycles. The number of phenols is 2. The molecule has 8 atom stereocenters. The number of carbonyl (C=O) groups excluding carboxylic acids is 9. The molecule has 5 aromatic carbocycles. The van der Waals surface area contributed by atoms with Crippen molar-refractivity contribution in [1.82, 2.24) is 31.9 Å². The van der Waals surface area contributed by atoms with Crippen LogP contribution in [0.2, 0.25) is 0 Å². The van der Waals surface area contributed by atoms with Crippen molar-refractivity contribution < 1.29 is 62.8 Å². The van der Waals surface area contributed by atoms with Crippen LogP contribution in [0.4, 0.5) is 0 Å². The number of aromatic hydroxyl groups is 2. The number of nitrogens with one attached hydrogen (secondary N) is 6. The third-order valence-corrected chi connectivity index (χ3v) is 16.4. The fourth-order valence-corrected chi connectivity index (χ4v) is 11.8. The molecule has 1 spiro atoms. The predicted octanol–water partition coefficient (Wildman–Crippen LogP) is 4.44. The van der Waals surface area contributed by atoms with Gasteiger partial charge in [0.2, 0.25) is 35.4 Å². The SMILES string of the molecule is CC(C)[C@H](NC(=O)[C@H](C)N)C(=O)C1CCC[C@H]1C(=O)N[C@H](C(=O)N[C@@H](C)C(=O)NC(CCCCNC(=O)c1ccc2c(c1)C(=O)OC21c2ccc(O)cc2Oc2cc(O)ccc21)C(=O)N[C@@H](CCCCN)C(N)=O)C(c1ccccc1)c1ccccc1. The molecule has 1 fully saturated rings. The first-order valence-electron chi connectivity index (χ1n) is 29.5. The lowest BCUT2D eigenvalue weighted by Gasteiger charge is -2.36. The lowest BCUT2D eigenvalue weighted by molar-refractivity contribution is -0.138. The van der Waals surface area contributed by atoms with Gasteiger partial charge in [0.05, 0.1) is 17.6 Å². The topological polar surface area (TPSA) is 363 Å². The number of hydrogen-bond donors (Lipinski definition) is 11. The third-order valence-electron chi connectivity index (χ3n) is 16.4. The third kappa shape index (κ3) is 14.6. The zero-order valence-corrected chi connectivity index (χ0v) is 49.1. The molecule has 7 amide bonds. The van der Waals surface area contributed by atoms with Crippen molar-refractivity contribution in [1.29, 1.82) is 0 Å². The number of fused-ring (bicyclic) bond motifs is 6. The summed E-state index contributed by atoms with van der Waals surface area (Å²) in [4.78, 5) is 125. The zero-order chi connectivity index (χ0) is 62.7. The van der Waals surface area contributed by atoms with E-state index in [2.05, 4.69) is 31.9 Å². The van der Waals surface area contributed by atoms with Gasteiger partial charge in [-0.25, -0.2) is 4.79 Å². The normalized spacial score (nSPS) is 17.4. The van der Waals surface area contributed by atoms with Crippen LogP contribution in [0.15, 0.2) is 115 Å². The minimum absolute atomic E-state index is 0.00594. The van der Waals surface area contributed by atoms with Gasteiger partial charge in [-0.1, -0.05) is 87.0 Å². The Labute approximate surface area is 504 Å². The number of Topliss-reactive ketones (excluding diaryl/α,β-unsaturated/α-hetero) is 1. The standard InChI is InChI=1S/C65H77N9O13/c1-35(2)54(73-58(79)36(3)67)56(77)43-20-15-21-44(43)61(82)74-55(53(38-16-7-5-8-17-38)39-18-9-6-10-19-39)63(84)70-37(4)59(80)72-50(62(83)71-49(57(68)78)22-11-13-30-66)23-12-14-31-69-60(81)40-24-27-46-45(32-40)64(85)87-65(46)47-28-25-41(75)33-51(47)86-52-34-42(76)26-29-48(52)65/h5-10,16-19,24-29,32-37,43-44,49-50,53-55,75-76H,11-15,20-23,30-31,66-67H2,1-4H3,(H2,68,78)(H,69,81)(H,70,84)(H,71,83)(H,72,80)(H,73,79)(H,74,82)/t36-,37-,43?,44+,49-,50?,54-,55-/m0/s1. The van der Waals surface area contributed by atoms with Crippen molar-refractivity contribution in [2.75, 3.05) is 13.1 Å². The number of hydrogen-bond acceptors (Lipinski definition) is 15. The molecule has 1 aliphatic carbocycles. The second kappa shape index (κ2) is 28.4. The van der Waals surface area contributed by atoms with Crippen LogP contribution in [-0.2, 0) is 43.9 Å². The summed E-state index contributed by atoms with van der Waals surface area (Å²) in [5.41, 5.74) is 18.5. The van der Waals surface area contributed by atoms with E-state index in [9.17, 15) is 53.4 Å². The fourth-order valence-electron chi connectivity index (χ4n) is 11.8. The molecule has 87 heavy (non-hydrogen) atoms. The molecule has 0 saturated heterocycles. The monoisotopic (exact) mass is 1190 g/mol. The Morgan fingerprint density at radius 1 is 0.621 bits per heavy atom. The minimum Gasteiger partial charge on any atom is -0.508 e. The molecule has 22 heteroatoms. The number of unbranched alkanes of at least 4 members (excludes halogenated alkanes) is 2. The molecule has 14 N–H and O–H groups in total. The lowest BCUT2D eigenvalue weighted by atomic mass is 9.77. The minimum atomic E-state index is -1.53. The van der Waals surface area contributed by atoms with Gasteiger partial charge in [-0.05, 0) is 125 Å². The number of ketones is 1. The van der Waals surface area contributed by atoms with E-state index >= 15 is 0 Å². The number of ether oxygens (including phenoxy) is 2. The Hall–Kier alpha value is -9.15. The first kappa shape index (κ1) is 63.9. The molecule has 1 saturated carbocycles. The van der Waals surface area contributed by atoms with Crippen LogP contribution in [0.25, 0.3) is 0 Å². The molecule has 0 bridgehead atoms. The molecule has 460 valence electrons. The molecule has 8 rings (SSSR count). The zero-order valence-electron chi connectivity index (χ0n) is 49.1. The Balaban J connectivity index is 0.974. The fraction of sp³-hybridized carbons (Fsp3) is 0.400. The van der Waals surface area contributed by atoms with Gasteiger partial charge in [0.1, 0.15) is 47.2 Å².